The van der Waals surface area contributed by atoms with Crippen molar-refractivity contribution in [1.82, 2.24) is 10.2 Å². The first-order valence-corrected chi connectivity index (χ1v) is 10.1. The van der Waals surface area contributed by atoms with Gasteiger partial charge in [-0.25, -0.2) is 0 Å². The van der Waals surface area contributed by atoms with E-state index in [0.717, 1.165) is 10.5 Å². The molecule has 2 amide bonds. The number of nitrogens with one attached hydrogen (secondary N) is 1. The third kappa shape index (κ3) is 2.91. The highest BCUT2D eigenvalue weighted by Gasteiger charge is 2.68. The minimum atomic E-state index is -1.24. The molecule has 2 fully saturated rings. The van der Waals surface area contributed by atoms with Crippen LogP contribution in [0.3, 0.4) is 0 Å². The molecule has 1 aromatic carbocycles. The summed E-state index contributed by atoms with van der Waals surface area (Å²) in [7, 11) is 4.33. The number of ether oxygens (including phenoxy) is 2. The van der Waals surface area contributed by atoms with Gasteiger partial charge in [0, 0.05) is 18.7 Å². The first-order chi connectivity index (χ1) is 12.9. The highest BCUT2D eigenvalue weighted by atomic mass is 32.2. The first-order valence-electron chi connectivity index (χ1n) is 8.72. The van der Waals surface area contributed by atoms with Gasteiger partial charge in [0.25, 0.3) is 0 Å². The molecule has 0 radical (unpaired) electrons. The molecule has 0 spiro atoms. The molecule has 7 nitrogen and oxygen atoms in total. The van der Waals surface area contributed by atoms with Crippen molar-refractivity contribution in [2.24, 2.45) is 11.8 Å². The van der Waals surface area contributed by atoms with E-state index >= 15 is 0 Å². The molecule has 0 saturated carbocycles. The smallest absolute Gasteiger partial charge is 0.326 e. The zero-order chi connectivity index (χ0) is 19.8. The number of likely N-dealkylation sites (tertiary alicyclic amines) is 1. The van der Waals surface area contributed by atoms with Crippen LogP contribution in [0.25, 0.3) is 0 Å². The Bertz CT molecular complexity index is 770. The summed E-state index contributed by atoms with van der Waals surface area (Å²) in [6.07, 6.45) is 2.32. The number of carbonyl (C=O) groups is 3. The summed E-state index contributed by atoms with van der Waals surface area (Å²) in [4.78, 5) is 39.9. The molecule has 2 saturated heterocycles. The fraction of sp³-hybridized carbons (Fsp3) is 0.526. The first kappa shape index (κ1) is 19.7. The Kier molecular flexibility index (Phi) is 5.48. The molecule has 2 aliphatic rings. The second kappa shape index (κ2) is 7.52. The Morgan fingerprint density at radius 2 is 1.96 bits per heavy atom. The number of carbonyl (C=O) groups excluding carboxylic acids is 3. The summed E-state index contributed by atoms with van der Waals surface area (Å²) in [5.74, 6) is -1.38. The number of benzene rings is 1. The topological polar surface area (TPSA) is 84.9 Å². The standard InChI is InChI=1S/C19H24N2O5S/c1-21-16(22)13-14(17(21)23)19(9-10-27-4,18(24)26-3)20-15(13)11-7-5-6-8-12(11)25-2/h5-8,13-15,20H,9-10H2,1-4H3/t13-,14+,15-,19+/m0/s1. The SMILES string of the molecule is COC(=O)[C@]1(CCSC)N[C@@H](c2ccccc2OC)[C@H]2C(=O)N(C)C(=O)[C@@H]21. The van der Waals surface area contributed by atoms with Crippen LogP contribution in [0.5, 0.6) is 5.75 Å². The van der Waals surface area contributed by atoms with E-state index in [9.17, 15) is 14.4 Å². The van der Waals surface area contributed by atoms with Gasteiger partial charge in [-0.3, -0.25) is 24.6 Å². The molecular weight excluding hydrogens is 368 g/mol. The zero-order valence-corrected chi connectivity index (χ0v) is 16.7. The number of para-hydroxylation sites is 1. The second-order valence-corrected chi connectivity index (χ2v) is 7.79. The summed E-state index contributed by atoms with van der Waals surface area (Å²) >= 11 is 1.57. The maximum Gasteiger partial charge on any atom is 0.326 e. The Morgan fingerprint density at radius 3 is 2.59 bits per heavy atom. The lowest BCUT2D eigenvalue weighted by atomic mass is 9.77. The lowest BCUT2D eigenvalue weighted by molar-refractivity contribution is -0.154. The van der Waals surface area contributed by atoms with E-state index in [4.69, 9.17) is 9.47 Å². The van der Waals surface area contributed by atoms with Gasteiger partial charge in [-0.05, 0) is 24.5 Å². The number of imide groups is 1. The lowest BCUT2D eigenvalue weighted by Crippen LogP contribution is -2.56. The highest BCUT2D eigenvalue weighted by Crippen LogP contribution is 2.51. The normalized spacial score (nSPS) is 29.8. The molecule has 0 unspecified atom stereocenters. The van der Waals surface area contributed by atoms with Crippen molar-refractivity contribution in [3.05, 3.63) is 29.8 Å². The zero-order valence-electron chi connectivity index (χ0n) is 15.9. The monoisotopic (exact) mass is 392 g/mol. The van der Waals surface area contributed by atoms with Crippen LogP contribution in [-0.2, 0) is 19.1 Å². The van der Waals surface area contributed by atoms with E-state index in [1.165, 1.54) is 14.2 Å². The van der Waals surface area contributed by atoms with E-state index in [-0.39, 0.29) is 11.8 Å². The van der Waals surface area contributed by atoms with E-state index in [0.29, 0.717) is 17.9 Å². The Hall–Kier alpha value is -2.06. The maximum atomic E-state index is 12.9. The average molecular weight is 392 g/mol. The van der Waals surface area contributed by atoms with Crippen molar-refractivity contribution < 1.29 is 23.9 Å². The quantitative estimate of drug-likeness (QED) is 0.576. The lowest BCUT2D eigenvalue weighted by Gasteiger charge is -2.32. The summed E-state index contributed by atoms with van der Waals surface area (Å²) in [6, 6.07) is 6.82. The van der Waals surface area contributed by atoms with Gasteiger partial charge in [0.05, 0.1) is 26.1 Å². The van der Waals surface area contributed by atoms with Gasteiger partial charge in [-0.2, -0.15) is 11.8 Å². The number of esters is 1. The molecule has 27 heavy (non-hydrogen) atoms. The summed E-state index contributed by atoms with van der Waals surface area (Å²) in [5, 5.41) is 3.33. The number of thioether (sulfide) groups is 1. The Morgan fingerprint density at radius 1 is 1.26 bits per heavy atom. The molecule has 3 rings (SSSR count). The molecule has 1 aromatic rings. The molecule has 146 valence electrons. The average Bonchev–Trinajstić information content (AvgIpc) is 3.15. The van der Waals surface area contributed by atoms with Crippen molar-refractivity contribution in [3.8, 4) is 5.75 Å². The molecule has 4 atom stereocenters. The van der Waals surface area contributed by atoms with Gasteiger partial charge in [-0.15, -0.1) is 0 Å². The minimum Gasteiger partial charge on any atom is -0.496 e. The maximum absolute atomic E-state index is 12.9. The Labute approximate surface area is 162 Å². The number of nitrogens with zero attached hydrogens (tertiary/aromatic N) is 1. The summed E-state index contributed by atoms with van der Waals surface area (Å²) in [6.45, 7) is 0. The van der Waals surface area contributed by atoms with Crippen molar-refractivity contribution >= 4 is 29.5 Å². The van der Waals surface area contributed by atoms with Crippen LogP contribution in [0.15, 0.2) is 24.3 Å². The van der Waals surface area contributed by atoms with Crippen LogP contribution < -0.4 is 10.1 Å². The highest BCUT2D eigenvalue weighted by molar-refractivity contribution is 7.98. The largest absolute Gasteiger partial charge is 0.496 e. The van der Waals surface area contributed by atoms with Crippen LogP contribution in [-0.4, -0.2) is 61.5 Å². The molecule has 0 bridgehead atoms. The molecule has 0 aromatic heterocycles. The van der Waals surface area contributed by atoms with Crippen LogP contribution >= 0.6 is 11.8 Å². The predicted molar refractivity (Wildman–Crippen MR) is 101 cm³/mol. The third-order valence-electron chi connectivity index (χ3n) is 5.60. The number of amides is 2. The number of hydrogen-bond donors (Lipinski definition) is 1. The fourth-order valence-electron chi connectivity index (χ4n) is 4.30. The minimum absolute atomic E-state index is 0.289. The van der Waals surface area contributed by atoms with E-state index in [1.807, 2.05) is 24.5 Å². The van der Waals surface area contributed by atoms with E-state index < -0.39 is 29.4 Å². The second-order valence-electron chi connectivity index (χ2n) is 6.81. The van der Waals surface area contributed by atoms with Crippen LogP contribution in [0.4, 0.5) is 0 Å². The summed E-state index contributed by atoms with van der Waals surface area (Å²) < 4.78 is 10.5. The van der Waals surface area contributed by atoms with Gasteiger partial charge in [0.15, 0.2) is 0 Å². The van der Waals surface area contributed by atoms with E-state index in [1.54, 1.807) is 24.9 Å². The van der Waals surface area contributed by atoms with Gasteiger partial charge < -0.3 is 9.47 Å². The molecule has 2 aliphatic heterocycles. The molecule has 0 aliphatic carbocycles. The number of rotatable bonds is 6. The van der Waals surface area contributed by atoms with Crippen molar-refractivity contribution in [3.63, 3.8) is 0 Å². The number of fused-ring (bicyclic) bond motifs is 1. The molecular formula is C19H24N2O5S. The van der Waals surface area contributed by atoms with Crippen LogP contribution in [0.1, 0.15) is 18.0 Å². The fourth-order valence-corrected chi connectivity index (χ4v) is 4.83. The van der Waals surface area contributed by atoms with E-state index in [2.05, 4.69) is 5.32 Å². The molecule has 2 heterocycles. The van der Waals surface area contributed by atoms with Crippen molar-refractivity contribution in [2.75, 3.05) is 33.3 Å². The van der Waals surface area contributed by atoms with Gasteiger partial charge >= 0.3 is 5.97 Å². The van der Waals surface area contributed by atoms with Gasteiger partial charge in [0.1, 0.15) is 11.3 Å². The van der Waals surface area contributed by atoms with Crippen LogP contribution in [0, 0.1) is 11.8 Å². The predicted octanol–water partition coefficient (Wildman–Crippen LogP) is 1.24. The molecule has 8 heteroatoms. The Balaban J connectivity index is 2.16. The number of hydrogen-bond acceptors (Lipinski definition) is 7. The third-order valence-corrected chi connectivity index (χ3v) is 6.21. The van der Waals surface area contributed by atoms with Crippen LogP contribution in [0.2, 0.25) is 0 Å². The molecule has 1 N–H and O–H groups in total. The van der Waals surface area contributed by atoms with Gasteiger partial charge in [-0.1, -0.05) is 18.2 Å². The van der Waals surface area contributed by atoms with Gasteiger partial charge in [0.2, 0.25) is 11.8 Å². The summed E-state index contributed by atoms with van der Waals surface area (Å²) in [5.41, 5.74) is -0.493. The van der Waals surface area contributed by atoms with Crippen molar-refractivity contribution in [2.45, 2.75) is 18.0 Å². The number of methoxy groups -OCH3 is 2. The van der Waals surface area contributed by atoms with Crippen molar-refractivity contribution in [1.29, 1.82) is 0 Å².